The van der Waals surface area contributed by atoms with Gasteiger partial charge in [0.1, 0.15) is 5.82 Å². The summed E-state index contributed by atoms with van der Waals surface area (Å²) in [6.45, 7) is 3.86. The van der Waals surface area contributed by atoms with Crippen molar-refractivity contribution in [1.82, 2.24) is 5.32 Å². The molecule has 1 aromatic rings. The molecule has 74 valence electrons. The Balaban J connectivity index is 2.70. The average Bonchev–Trinajstić information content (AvgIpc) is 2.17. The maximum Gasteiger partial charge on any atom is 0.123 e. The lowest BCUT2D eigenvalue weighted by Crippen LogP contribution is -2.27. The molecule has 0 spiro atoms. The topological polar surface area (TPSA) is 12.0 Å². The summed E-state index contributed by atoms with van der Waals surface area (Å²) in [4.78, 5) is 0. The van der Waals surface area contributed by atoms with Gasteiger partial charge in [0.15, 0.2) is 0 Å². The minimum Gasteiger partial charge on any atom is -0.297 e. The fraction of sp³-hybridized carbons (Fsp3) is 0.333. The van der Waals surface area contributed by atoms with Crippen LogP contribution in [0.1, 0.15) is 25.5 Å². The number of hydrogen-bond donors (Lipinski definition) is 1. The molecule has 0 saturated carbocycles. The molecule has 1 aromatic carbocycles. The van der Waals surface area contributed by atoms with E-state index in [9.17, 15) is 4.39 Å². The lowest BCUT2D eigenvalue weighted by Gasteiger charge is -2.16. The van der Waals surface area contributed by atoms with E-state index in [0.29, 0.717) is 0 Å². The van der Waals surface area contributed by atoms with Gasteiger partial charge in [-0.3, -0.25) is 5.32 Å². The first-order valence-corrected chi connectivity index (χ1v) is 4.61. The van der Waals surface area contributed by atoms with Crippen molar-refractivity contribution in [2.24, 2.45) is 0 Å². The zero-order chi connectivity index (χ0) is 10.6. The fourth-order valence-corrected chi connectivity index (χ4v) is 1.30. The van der Waals surface area contributed by atoms with Gasteiger partial charge in [-0.1, -0.05) is 18.1 Å². The fourth-order valence-electron chi connectivity index (χ4n) is 1.30. The SMILES string of the molecule is C#CC(C)N[C@H](C)c1cccc(F)c1. The quantitative estimate of drug-likeness (QED) is 0.724. The lowest BCUT2D eigenvalue weighted by atomic mass is 10.1. The molecule has 2 atom stereocenters. The predicted octanol–water partition coefficient (Wildman–Crippen LogP) is 2.50. The summed E-state index contributed by atoms with van der Waals surface area (Å²) in [7, 11) is 0. The largest absolute Gasteiger partial charge is 0.297 e. The molecular weight excluding hydrogens is 177 g/mol. The van der Waals surface area contributed by atoms with Gasteiger partial charge in [0.2, 0.25) is 0 Å². The van der Waals surface area contributed by atoms with E-state index in [1.807, 2.05) is 19.9 Å². The Morgan fingerprint density at radius 2 is 2.14 bits per heavy atom. The average molecular weight is 191 g/mol. The molecule has 1 nitrogen and oxygen atoms in total. The van der Waals surface area contributed by atoms with Crippen molar-refractivity contribution in [2.75, 3.05) is 0 Å². The predicted molar refractivity (Wildman–Crippen MR) is 56.2 cm³/mol. The first kappa shape index (κ1) is 10.7. The van der Waals surface area contributed by atoms with E-state index < -0.39 is 0 Å². The van der Waals surface area contributed by atoms with Crippen LogP contribution in [0.4, 0.5) is 4.39 Å². The summed E-state index contributed by atoms with van der Waals surface area (Å²) in [6.07, 6.45) is 5.24. The minimum absolute atomic E-state index is 0.00623. The second-order valence-corrected chi connectivity index (χ2v) is 3.33. The molecule has 0 radical (unpaired) electrons. The van der Waals surface area contributed by atoms with Gasteiger partial charge in [0.05, 0.1) is 6.04 Å². The van der Waals surface area contributed by atoms with Crippen molar-refractivity contribution in [3.63, 3.8) is 0 Å². The third-order valence-electron chi connectivity index (χ3n) is 2.10. The molecule has 0 bridgehead atoms. The Kier molecular flexibility index (Phi) is 3.67. The first-order valence-electron chi connectivity index (χ1n) is 4.61. The molecule has 0 aliphatic heterocycles. The van der Waals surface area contributed by atoms with Crippen molar-refractivity contribution < 1.29 is 4.39 Å². The number of hydrogen-bond acceptors (Lipinski definition) is 1. The van der Waals surface area contributed by atoms with Crippen LogP contribution in [0.15, 0.2) is 24.3 Å². The molecule has 1 rings (SSSR count). The molecule has 0 aliphatic rings. The van der Waals surface area contributed by atoms with Gasteiger partial charge in [-0.05, 0) is 31.5 Å². The van der Waals surface area contributed by atoms with Gasteiger partial charge < -0.3 is 0 Å². The zero-order valence-electron chi connectivity index (χ0n) is 8.42. The Bertz CT molecular complexity index is 340. The number of benzene rings is 1. The van der Waals surface area contributed by atoms with Crippen molar-refractivity contribution >= 4 is 0 Å². The van der Waals surface area contributed by atoms with Crippen LogP contribution >= 0.6 is 0 Å². The highest BCUT2D eigenvalue weighted by atomic mass is 19.1. The van der Waals surface area contributed by atoms with Crippen molar-refractivity contribution in [2.45, 2.75) is 25.9 Å². The maximum atomic E-state index is 12.9. The number of rotatable bonds is 3. The summed E-state index contributed by atoms with van der Waals surface area (Å²) >= 11 is 0. The second-order valence-electron chi connectivity index (χ2n) is 3.33. The van der Waals surface area contributed by atoms with Gasteiger partial charge in [-0.25, -0.2) is 4.39 Å². The van der Waals surface area contributed by atoms with Crippen molar-refractivity contribution in [3.8, 4) is 12.3 Å². The molecule has 0 fully saturated rings. The summed E-state index contributed by atoms with van der Waals surface area (Å²) in [5.41, 5.74) is 0.909. The van der Waals surface area contributed by atoms with E-state index in [-0.39, 0.29) is 17.9 Å². The van der Waals surface area contributed by atoms with Gasteiger partial charge >= 0.3 is 0 Å². The van der Waals surface area contributed by atoms with Gasteiger partial charge in [-0.2, -0.15) is 0 Å². The molecule has 0 saturated heterocycles. The summed E-state index contributed by atoms with van der Waals surface area (Å²) < 4.78 is 12.9. The highest BCUT2D eigenvalue weighted by Crippen LogP contribution is 2.13. The van der Waals surface area contributed by atoms with Crippen LogP contribution in [-0.4, -0.2) is 6.04 Å². The Labute approximate surface area is 84.3 Å². The molecule has 14 heavy (non-hydrogen) atoms. The van der Waals surface area contributed by atoms with E-state index in [4.69, 9.17) is 6.42 Å². The third-order valence-corrected chi connectivity index (χ3v) is 2.10. The Hall–Kier alpha value is -1.33. The van der Waals surface area contributed by atoms with E-state index in [1.165, 1.54) is 12.1 Å². The van der Waals surface area contributed by atoms with Crippen LogP contribution in [0, 0.1) is 18.2 Å². The number of halogens is 1. The van der Waals surface area contributed by atoms with E-state index in [1.54, 1.807) is 6.07 Å². The summed E-state index contributed by atoms with van der Waals surface area (Å²) in [5.74, 6) is 2.36. The van der Waals surface area contributed by atoms with Gasteiger partial charge in [0, 0.05) is 6.04 Å². The van der Waals surface area contributed by atoms with E-state index >= 15 is 0 Å². The number of terminal acetylenes is 1. The van der Waals surface area contributed by atoms with Crippen molar-refractivity contribution in [3.05, 3.63) is 35.6 Å². The minimum atomic E-state index is -0.218. The van der Waals surface area contributed by atoms with Gasteiger partial charge in [0.25, 0.3) is 0 Å². The van der Waals surface area contributed by atoms with E-state index in [0.717, 1.165) is 5.56 Å². The molecule has 0 aromatic heterocycles. The molecule has 1 N–H and O–H groups in total. The Morgan fingerprint density at radius 3 is 2.71 bits per heavy atom. The Morgan fingerprint density at radius 1 is 1.43 bits per heavy atom. The molecule has 0 heterocycles. The smallest absolute Gasteiger partial charge is 0.123 e. The van der Waals surface area contributed by atoms with Crippen LogP contribution in [0.2, 0.25) is 0 Å². The summed E-state index contributed by atoms with van der Waals surface area (Å²) in [5, 5.41) is 3.17. The zero-order valence-corrected chi connectivity index (χ0v) is 8.42. The van der Waals surface area contributed by atoms with E-state index in [2.05, 4.69) is 11.2 Å². The molecule has 2 heteroatoms. The number of nitrogens with one attached hydrogen (secondary N) is 1. The third kappa shape index (κ3) is 2.86. The second kappa shape index (κ2) is 4.78. The molecule has 0 aliphatic carbocycles. The highest BCUT2D eigenvalue weighted by Gasteiger charge is 2.07. The standard InChI is InChI=1S/C12H14FN/c1-4-9(2)14-10(3)11-6-5-7-12(13)8-11/h1,5-10,14H,2-3H3/t9?,10-/m1/s1. The van der Waals surface area contributed by atoms with Crippen LogP contribution in [0.25, 0.3) is 0 Å². The molecular formula is C12H14FN. The van der Waals surface area contributed by atoms with Crippen LogP contribution in [-0.2, 0) is 0 Å². The van der Waals surface area contributed by atoms with Gasteiger partial charge in [-0.15, -0.1) is 6.42 Å². The lowest BCUT2D eigenvalue weighted by molar-refractivity contribution is 0.540. The normalized spacial score (nSPS) is 14.4. The molecule has 0 amide bonds. The molecule has 1 unspecified atom stereocenters. The van der Waals surface area contributed by atoms with Crippen LogP contribution < -0.4 is 5.32 Å². The summed E-state index contributed by atoms with van der Waals surface area (Å²) in [6, 6.07) is 6.58. The van der Waals surface area contributed by atoms with Crippen molar-refractivity contribution in [1.29, 1.82) is 0 Å². The highest BCUT2D eigenvalue weighted by molar-refractivity contribution is 5.20. The maximum absolute atomic E-state index is 12.9. The van der Waals surface area contributed by atoms with Crippen LogP contribution in [0.5, 0.6) is 0 Å². The van der Waals surface area contributed by atoms with Crippen LogP contribution in [0.3, 0.4) is 0 Å². The first-order chi connectivity index (χ1) is 6.63. The monoisotopic (exact) mass is 191 g/mol.